The lowest BCUT2D eigenvalue weighted by Gasteiger charge is -2.34. The predicted molar refractivity (Wildman–Crippen MR) is 83.1 cm³/mol. The highest BCUT2D eigenvalue weighted by Gasteiger charge is 2.29. The summed E-state index contributed by atoms with van der Waals surface area (Å²) in [5.74, 6) is 0. The van der Waals surface area contributed by atoms with Gasteiger partial charge in [0, 0.05) is 37.7 Å². The molecule has 0 saturated carbocycles. The summed E-state index contributed by atoms with van der Waals surface area (Å²) in [7, 11) is -3.51. The molecule has 1 atom stereocenters. The average molecular weight is 333 g/mol. The molecule has 1 aliphatic rings. The van der Waals surface area contributed by atoms with Crippen LogP contribution in [0.25, 0.3) is 0 Å². The SMILES string of the molecule is Cc1ccc(Cl)cc1S(=O)(=O)N1CCN(CC(C)O)CC1. The lowest BCUT2D eigenvalue weighted by molar-refractivity contribution is 0.103. The van der Waals surface area contributed by atoms with Crippen molar-refractivity contribution in [2.45, 2.75) is 24.8 Å². The van der Waals surface area contributed by atoms with Crippen LogP contribution in [-0.2, 0) is 10.0 Å². The van der Waals surface area contributed by atoms with Crippen LogP contribution in [-0.4, -0.2) is 61.6 Å². The maximum Gasteiger partial charge on any atom is 0.243 e. The van der Waals surface area contributed by atoms with Gasteiger partial charge >= 0.3 is 0 Å². The zero-order valence-electron chi connectivity index (χ0n) is 12.3. The summed E-state index contributed by atoms with van der Waals surface area (Å²) in [6, 6.07) is 4.92. The fourth-order valence-electron chi connectivity index (χ4n) is 2.52. The molecule has 0 spiro atoms. The largest absolute Gasteiger partial charge is 0.392 e. The number of nitrogens with zero attached hydrogens (tertiary/aromatic N) is 2. The van der Waals surface area contributed by atoms with Crippen molar-refractivity contribution in [1.29, 1.82) is 0 Å². The molecule has 1 heterocycles. The molecule has 0 aromatic heterocycles. The molecular formula is C14H21ClN2O3S. The van der Waals surface area contributed by atoms with E-state index in [1.807, 2.05) is 0 Å². The fourth-order valence-corrected chi connectivity index (χ4v) is 4.43. The van der Waals surface area contributed by atoms with Gasteiger partial charge < -0.3 is 5.11 Å². The third-order valence-corrected chi connectivity index (χ3v) is 5.90. The van der Waals surface area contributed by atoms with Gasteiger partial charge in [0.25, 0.3) is 0 Å². The summed E-state index contributed by atoms with van der Waals surface area (Å²) in [5, 5.41) is 9.81. The van der Waals surface area contributed by atoms with E-state index in [9.17, 15) is 13.5 Å². The number of rotatable bonds is 4. The number of aliphatic hydroxyl groups excluding tert-OH is 1. The number of hydrogen-bond acceptors (Lipinski definition) is 4. The Kier molecular flexibility index (Phi) is 5.27. The molecule has 1 N–H and O–H groups in total. The van der Waals surface area contributed by atoms with Crippen molar-refractivity contribution in [1.82, 2.24) is 9.21 Å². The molecule has 2 rings (SSSR count). The fraction of sp³-hybridized carbons (Fsp3) is 0.571. The van der Waals surface area contributed by atoms with E-state index in [2.05, 4.69) is 4.90 Å². The summed E-state index contributed by atoms with van der Waals surface area (Å²) in [5.41, 5.74) is 0.700. The molecule has 1 saturated heterocycles. The van der Waals surface area contributed by atoms with E-state index in [-0.39, 0.29) is 4.90 Å². The normalized spacial score (nSPS) is 19.6. The van der Waals surface area contributed by atoms with E-state index in [0.29, 0.717) is 43.3 Å². The van der Waals surface area contributed by atoms with Crippen LogP contribution < -0.4 is 0 Å². The Hall–Kier alpha value is -0.660. The van der Waals surface area contributed by atoms with Gasteiger partial charge in [-0.3, -0.25) is 4.90 Å². The van der Waals surface area contributed by atoms with Gasteiger partial charge in [-0.2, -0.15) is 4.31 Å². The Balaban J connectivity index is 2.13. The summed E-state index contributed by atoms with van der Waals surface area (Å²) >= 11 is 5.92. The van der Waals surface area contributed by atoms with Gasteiger partial charge in [-0.1, -0.05) is 17.7 Å². The lowest BCUT2D eigenvalue weighted by Crippen LogP contribution is -2.50. The molecule has 5 nitrogen and oxygen atoms in total. The molecule has 7 heteroatoms. The molecule has 0 amide bonds. The van der Waals surface area contributed by atoms with E-state index in [0.717, 1.165) is 0 Å². The molecule has 1 aromatic rings. The monoisotopic (exact) mass is 332 g/mol. The van der Waals surface area contributed by atoms with Crippen LogP contribution in [0.1, 0.15) is 12.5 Å². The Morgan fingerprint density at radius 2 is 1.90 bits per heavy atom. The van der Waals surface area contributed by atoms with Crippen LogP contribution in [0.2, 0.25) is 5.02 Å². The molecule has 118 valence electrons. The standard InChI is InChI=1S/C14H21ClN2O3S/c1-11-3-4-13(15)9-14(11)21(19,20)17-7-5-16(6-8-17)10-12(2)18/h3-4,9,12,18H,5-8,10H2,1-2H3. The van der Waals surface area contributed by atoms with Crippen LogP contribution in [0.4, 0.5) is 0 Å². The quantitative estimate of drug-likeness (QED) is 0.903. The third-order valence-electron chi connectivity index (χ3n) is 3.62. The van der Waals surface area contributed by atoms with Gasteiger partial charge in [0.05, 0.1) is 11.0 Å². The minimum absolute atomic E-state index is 0.277. The zero-order valence-corrected chi connectivity index (χ0v) is 13.9. The minimum Gasteiger partial charge on any atom is -0.392 e. The number of benzene rings is 1. The van der Waals surface area contributed by atoms with Crippen molar-refractivity contribution in [3.63, 3.8) is 0 Å². The van der Waals surface area contributed by atoms with Crippen LogP contribution in [0.5, 0.6) is 0 Å². The van der Waals surface area contributed by atoms with Gasteiger partial charge in [0.2, 0.25) is 10.0 Å². The summed E-state index contributed by atoms with van der Waals surface area (Å²) in [6.45, 7) is 6.20. The van der Waals surface area contributed by atoms with Gasteiger partial charge in [-0.05, 0) is 31.5 Å². The average Bonchev–Trinajstić information content (AvgIpc) is 2.41. The van der Waals surface area contributed by atoms with Crippen LogP contribution in [0.3, 0.4) is 0 Å². The van der Waals surface area contributed by atoms with Crippen LogP contribution in [0, 0.1) is 6.92 Å². The number of β-amino-alcohol motifs (C(OH)–C–C–N with tert-alkyl or cyclic N) is 1. The van der Waals surface area contributed by atoms with Crippen molar-refractivity contribution in [2.75, 3.05) is 32.7 Å². The van der Waals surface area contributed by atoms with Gasteiger partial charge in [0.1, 0.15) is 0 Å². The van der Waals surface area contributed by atoms with Gasteiger partial charge in [-0.15, -0.1) is 0 Å². The van der Waals surface area contributed by atoms with E-state index < -0.39 is 16.1 Å². The molecule has 1 unspecified atom stereocenters. The highest BCUT2D eigenvalue weighted by Crippen LogP contribution is 2.24. The molecule has 1 fully saturated rings. The number of piperazine rings is 1. The highest BCUT2D eigenvalue weighted by molar-refractivity contribution is 7.89. The first-order valence-corrected chi connectivity index (χ1v) is 8.79. The number of sulfonamides is 1. The Labute approximate surface area is 131 Å². The number of aliphatic hydroxyl groups is 1. The van der Waals surface area contributed by atoms with Crippen molar-refractivity contribution in [3.05, 3.63) is 28.8 Å². The molecule has 1 aromatic carbocycles. The molecule has 1 aliphatic heterocycles. The van der Waals surface area contributed by atoms with Gasteiger partial charge in [-0.25, -0.2) is 8.42 Å². The number of halogens is 1. The molecular weight excluding hydrogens is 312 g/mol. The number of hydrogen-bond donors (Lipinski definition) is 1. The molecule has 0 radical (unpaired) electrons. The van der Waals surface area contributed by atoms with E-state index >= 15 is 0 Å². The second kappa shape index (κ2) is 6.62. The second-order valence-electron chi connectivity index (χ2n) is 5.46. The zero-order chi connectivity index (χ0) is 15.6. The number of aryl methyl sites for hydroxylation is 1. The Morgan fingerprint density at radius 3 is 2.48 bits per heavy atom. The molecule has 21 heavy (non-hydrogen) atoms. The van der Waals surface area contributed by atoms with Crippen molar-refractivity contribution < 1.29 is 13.5 Å². The van der Waals surface area contributed by atoms with E-state index in [1.54, 1.807) is 26.0 Å². The summed E-state index contributed by atoms with van der Waals surface area (Å²) in [6.07, 6.45) is -0.400. The lowest BCUT2D eigenvalue weighted by atomic mass is 10.2. The first-order valence-electron chi connectivity index (χ1n) is 6.97. The Morgan fingerprint density at radius 1 is 1.29 bits per heavy atom. The highest BCUT2D eigenvalue weighted by atomic mass is 35.5. The van der Waals surface area contributed by atoms with E-state index in [4.69, 9.17) is 11.6 Å². The van der Waals surface area contributed by atoms with Crippen molar-refractivity contribution >= 4 is 21.6 Å². The molecule has 0 bridgehead atoms. The maximum absolute atomic E-state index is 12.7. The smallest absolute Gasteiger partial charge is 0.243 e. The topological polar surface area (TPSA) is 60.9 Å². The summed E-state index contributed by atoms with van der Waals surface area (Å²) in [4.78, 5) is 2.35. The third kappa shape index (κ3) is 3.96. The van der Waals surface area contributed by atoms with Crippen molar-refractivity contribution in [2.24, 2.45) is 0 Å². The van der Waals surface area contributed by atoms with E-state index in [1.165, 1.54) is 10.4 Å². The van der Waals surface area contributed by atoms with Gasteiger partial charge in [0.15, 0.2) is 0 Å². The maximum atomic E-state index is 12.7. The predicted octanol–water partition coefficient (Wildman–Crippen LogP) is 1.34. The molecule has 0 aliphatic carbocycles. The van der Waals surface area contributed by atoms with Crippen LogP contribution >= 0.6 is 11.6 Å². The first kappa shape index (κ1) is 16.7. The Bertz CT molecular complexity index is 596. The van der Waals surface area contributed by atoms with Crippen molar-refractivity contribution in [3.8, 4) is 0 Å². The van der Waals surface area contributed by atoms with Crippen LogP contribution in [0.15, 0.2) is 23.1 Å². The first-order chi connectivity index (χ1) is 9.80. The summed E-state index contributed by atoms with van der Waals surface area (Å²) < 4.78 is 26.9. The second-order valence-corrected chi connectivity index (χ2v) is 7.81. The minimum atomic E-state index is -3.51.